The van der Waals surface area contributed by atoms with Gasteiger partial charge in [-0.3, -0.25) is 4.55 Å². The van der Waals surface area contributed by atoms with Gasteiger partial charge in [-0.15, -0.1) is 0 Å². The van der Waals surface area contributed by atoms with Crippen LogP contribution in [0.15, 0.2) is 200 Å². The zero-order valence-electron chi connectivity index (χ0n) is 28.9. The molecule has 0 saturated heterocycles. The maximum Gasteiger partial charge on any atom is 0.269 e. The molecule has 0 unspecified atom stereocenters. The van der Waals surface area contributed by atoms with E-state index in [-0.39, 0.29) is 0 Å². The van der Waals surface area contributed by atoms with Gasteiger partial charge in [0.2, 0.25) is 0 Å². The van der Waals surface area contributed by atoms with Crippen LogP contribution in [0, 0.1) is 0 Å². The lowest BCUT2D eigenvalue weighted by atomic mass is 9.83. The molecule has 0 spiro atoms. The van der Waals surface area contributed by atoms with Crippen LogP contribution in [0.5, 0.6) is 0 Å². The molecule has 0 fully saturated rings. The molecule has 4 heteroatoms. The van der Waals surface area contributed by atoms with E-state index in [0.717, 1.165) is 61.2 Å². The van der Waals surface area contributed by atoms with Crippen LogP contribution >= 0.6 is 0 Å². The van der Waals surface area contributed by atoms with E-state index in [1.807, 2.05) is 42.5 Å². The minimum atomic E-state index is -4.24. The molecule has 0 amide bonds. The first-order valence-corrected chi connectivity index (χ1v) is 19.2. The fourth-order valence-electron chi connectivity index (χ4n) is 7.46. The molecule has 0 saturated carbocycles. The zero-order chi connectivity index (χ0) is 36.2. The summed E-state index contributed by atoms with van der Waals surface area (Å²) >= 11 is 0. The highest BCUT2D eigenvalue weighted by Gasteiger charge is 2.20. The first kappa shape index (κ1) is 33.8. The number of rotatable bonds is 9. The topological polar surface area (TPSA) is 54.4 Å². The van der Waals surface area contributed by atoms with Gasteiger partial charge in [0, 0.05) is 0 Å². The molecule has 8 aromatic carbocycles. The minimum Gasteiger partial charge on any atom is -0.285 e. The van der Waals surface area contributed by atoms with E-state index >= 15 is 0 Å². The Bertz CT molecular complexity index is 2680. The predicted molar refractivity (Wildman–Crippen MR) is 220 cm³/mol. The fraction of sp³-hybridized carbons (Fsp3) is 0.0204. The van der Waals surface area contributed by atoms with E-state index in [9.17, 15) is 13.0 Å². The second kappa shape index (κ2) is 14.7. The van der Waals surface area contributed by atoms with Gasteiger partial charge in [0.1, 0.15) is 5.75 Å². The third kappa shape index (κ3) is 6.98. The van der Waals surface area contributed by atoms with E-state index in [1.54, 1.807) is 12.1 Å². The molecule has 0 atom stereocenters. The number of hydrogen-bond donors (Lipinski definition) is 1. The van der Waals surface area contributed by atoms with Crippen LogP contribution in [0.3, 0.4) is 0 Å². The molecule has 0 aromatic heterocycles. The predicted octanol–water partition coefficient (Wildman–Crippen LogP) is 12.7. The van der Waals surface area contributed by atoms with Crippen molar-refractivity contribution in [1.82, 2.24) is 0 Å². The summed E-state index contributed by atoms with van der Waals surface area (Å²) in [5.74, 6) is -0.462. The van der Waals surface area contributed by atoms with Gasteiger partial charge in [-0.25, -0.2) is 0 Å². The highest BCUT2D eigenvalue weighted by Crippen LogP contribution is 2.46. The smallest absolute Gasteiger partial charge is 0.269 e. The molecule has 0 aliphatic rings. The molecule has 256 valence electrons. The SMILES string of the molecule is O=S(=O)(O)Cc1ccccc1-c1ccccc1-c1ccccc1-c1ccccc1-c1ccccc1-c1ccccc1-c1ccccc1-c1ccccc1. The van der Waals surface area contributed by atoms with Gasteiger partial charge >= 0.3 is 0 Å². The summed E-state index contributed by atoms with van der Waals surface area (Å²) in [5, 5.41) is 0. The third-order valence-corrected chi connectivity index (χ3v) is 10.4. The van der Waals surface area contributed by atoms with Crippen LogP contribution in [-0.2, 0) is 15.9 Å². The summed E-state index contributed by atoms with van der Waals surface area (Å²) in [6.45, 7) is 0. The van der Waals surface area contributed by atoms with E-state index < -0.39 is 15.9 Å². The fourth-order valence-corrected chi connectivity index (χ4v) is 8.10. The van der Waals surface area contributed by atoms with Gasteiger partial charge in [0.15, 0.2) is 0 Å². The molecular weight excluding hydrogens is 669 g/mol. The quantitative estimate of drug-likeness (QED) is 0.152. The highest BCUT2D eigenvalue weighted by atomic mass is 32.2. The monoisotopic (exact) mass is 704 g/mol. The minimum absolute atomic E-state index is 0.462. The van der Waals surface area contributed by atoms with Crippen molar-refractivity contribution in [2.75, 3.05) is 0 Å². The zero-order valence-corrected chi connectivity index (χ0v) is 29.7. The van der Waals surface area contributed by atoms with Crippen molar-refractivity contribution in [1.29, 1.82) is 0 Å². The van der Waals surface area contributed by atoms with Gasteiger partial charge in [0.25, 0.3) is 10.1 Å². The summed E-state index contributed by atoms with van der Waals surface area (Å²) in [6, 6.07) is 68.8. The Hall–Kier alpha value is -6.33. The summed E-state index contributed by atoms with van der Waals surface area (Å²) < 4.78 is 33.8. The lowest BCUT2D eigenvalue weighted by molar-refractivity contribution is 0.482. The van der Waals surface area contributed by atoms with E-state index in [2.05, 4.69) is 146 Å². The second-order valence-electron chi connectivity index (χ2n) is 13.0. The standard InChI is InChI=1S/C49H36O3S/c50-53(51,52)34-36-20-4-5-22-38(36)40-24-8-9-26-42(40)44-28-12-13-30-46(44)48-32-16-17-33-49(48)47-31-15-14-29-45(47)43-27-11-10-25-41(43)39-23-7-6-21-37(39)35-18-2-1-3-19-35/h1-33H,34H2,(H,50,51,52). The Morgan fingerprint density at radius 3 is 0.830 bits per heavy atom. The van der Waals surface area contributed by atoms with Crippen molar-refractivity contribution < 1.29 is 13.0 Å². The first-order valence-electron chi connectivity index (χ1n) is 17.6. The molecule has 53 heavy (non-hydrogen) atoms. The van der Waals surface area contributed by atoms with Crippen LogP contribution in [0.4, 0.5) is 0 Å². The molecule has 8 aromatic rings. The van der Waals surface area contributed by atoms with Crippen molar-refractivity contribution in [3.63, 3.8) is 0 Å². The third-order valence-electron chi connectivity index (χ3n) is 9.74. The Morgan fingerprint density at radius 2 is 0.509 bits per heavy atom. The summed E-state index contributed by atoms with van der Waals surface area (Å²) in [4.78, 5) is 0. The maximum atomic E-state index is 12.0. The van der Waals surface area contributed by atoms with Crippen LogP contribution < -0.4 is 0 Å². The summed E-state index contributed by atoms with van der Waals surface area (Å²) in [5.41, 5.74) is 15.5. The van der Waals surface area contributed by atoms with Crippen molar-refractivity contribution in [3.05, 3.63) is 206 Å². The highest BCUT2D eigenvalue weighted by molar-refractivity contribution is 7.85. The van der Waals surface area contributed by atoms with Gasteiger partial charge in [-0.05, 0) is 83.5 Å². The van der Waals surface area contributed by atoms with Crippen LogP contribution in [0.1, 0.15) is 5.56 Å². The van der Waals surface area contributed by atoms with E-state index in [0.29, 0.717) is 5.56 Å². The summed E-state index contributed by atoms with van der Waals surface area (Å²) in [7, 11) is -4.24. The second-order valence-corrected chi connectivity index (χ2v) is 14.5. The molecule has 8 rings (SSSR count). The van der Waals surface area contributed by atoms with Crippen LogP contribution in [-0.4, -0.2) is 13.0 Å². The largest absolute Gasteiger partial charge is 0.285 e. The van der Waals surface area contributed by atoms with Gasteiger partial charge in [0.05, 0.1) is 0 Å². The van der Waals surface area contributed by atoms with Crippen LogP contribution in [0.2, 0.25) is 0 Å². The van der Waals surface area contributed by atoms with E-state index in [1.165, 1.54) is 16.7 Å². The Labute approximate surface area is 311 Å². The van der Waals surface area contributed by atoms with Crippen molar-refractivity contribution in [2.45, 2.75) is 5.75 Å². The number of hydrogen-bond acceptors (Lipinski definition) is 2. The Morgan fingerprint density at radius 1 is 0.283 bits per heavy atom. The number of benzene rings is 8. The molecule has 1 N–H and O–H groups in total. The lowest BCUT2D eigenvalue weighted by Crippen LogP contribution is -2.03. The molecule has 3 nitrogen and oxygen atoms in total. The molecular formula is C49H36O3S. The van der Waals surface area contributed by atoms with Crippen molar-refractivity contribution >= 4 is 10.1 Å². The average Bonchev–Trinajstić information content (AvgIpc) is 3.21. The van der Waals surface area contributed by atoms with Crippen molar-refractivity contribution in [3.8, 4) is 77.9 Å². The first-order chi connectivity index (χ1) is 26.0. The molecule has 0 bridgehead atoms. The summed E-state index contributed by atoms with van der Waals surface area (Å²) in [6.07, 6.45) is 0. The van der Waals surface area contributed by atoms with E-state index in [4.69, 9.17) is 0 Å². The molecule has 0 heterocycles. The molecule has 0 radical (unpaired) electrons. The molecule has 0 aliphatic heterocycles. The Balaban J connectivity index is 1.29. The lowest BCUT2D eigenvalue weighted by Gasteiger charge is -2.20. The van der Waals surface area contributed by atoms with Crippen molar-refractivity contribution in [2.24, 2.45) is 0 Å². The normalized spacial score (nSPS) is 11.3. The maximum absolute atomic E-state index is 12.0. The van der Waals surface area contributed by atoms with Crippen LogP contribution in [0.25, 0.3) is 77.9 Å². The van der Waals surface area contributed by atoms with Gasteiger partial charge < -0.3 is 0 Å². The van der Waals surface area contributed by atoms with Gasteiger partial charge in [-0.1, -0.05) is 200 Å². The Kier molecular flexibility index (Phi) is 9.39. The van der Waals surface area contributed by atoms with Gasteiger partial charge in [-0.2, -0.15) is 8.42 Å². The molecule has 0 aliphatic carbocycles. The average molecular weight is 705 g/mol.